The van der Waals surface area contributed by atoms with Gasteiger partial charge in [-0.3, -0.25) is 4.79 Å². The molecule has 4 rings (SSSR count). The van der Waals surface area contributed by atoms with Crippen molar-refractivity contribution in [3.05, 3.63) is 47.3 Å². The average molecular weight is 420 g/mol. The third kappa shape index (κ3) is 3.58. The molecule has 12 heteroatoms. The molecule has 0 unspecified atom stereocenters. The number of H-pyrrole nitrogens is 1. The largest absolute Gasteiger partial charge is 0.493 e. The molecular weight excluding hydrogens is 408 g/mol. The number of rotatable bonds is 3. The van der Waals surface area contributed by atoms with Crippen molar-refractivity contribution in [2.24, 2.45) is 15.2 Å². The predicted molar refractivity (Wildman–Crippen MR) is 105 cm³/mol. The van der Waals surface area contributed by atoms with Crippen molar-refractivity contribution in [2.75, 3.05) is 0 Å². The lowest BCUT2D eigenvalue weighted by molar-refractivity contribution is -0.113. The third-order valence-electron chi connectivity index (χ3n) is 3.70. The van der Waals surface area contributed by atoms with Gasteiger partial charge in [0.15, 0.2) is 5.69 Å². The SMILES string of the molecule is O=C1N=C(N=Nc2c(O)[nH]c3ccc(S(O)(O)O)cc23)S/C1=C\c1ccco1. The molecule has 1 aliphatic rings. The number of amides is 1. The van der Waals surface area contributed by atoms with E-state index >= 15 is 0 Å². The Morgan fingerprint density at radius 1 is 1.21 bits per heavy atom. The van der Waals surface area contributed by atoms with Gasteiger partial charge in [-0.15, -0.1) is 10.2 Å². The Labute approximate surface area is 162 Å². The Bertz CT molecular complexity index is 1160. The molecule has 144 valence electrons. The number of hydrogen-bond donors (Lipinski definition) is 5. The van der Waals surface area contributed by atoms with Crippen molar-refractivity contribution in [1.29, 1.82) is 0 Å². The first-order chi connectivity index (χ1) is 13.3. The summed E-state index contributed by atoms with van der Waals surface area (Å²) in [5, 5.41) is 18.2. The first-order valence-corrected chi connectivity index (χ1v) is 9.96. The van der Waals surface area contributed by atoms with Crippen LogP contribution in [-0.2, 0) is 4.79 Å². The fraction of sp³-hybridized carbons (Fsp3) is 0. The molecule has 2 aromatic heterocycles. The quantitative estimate of drug-likeness (QED) is 0.300. The molecule has 3 heterocycles. The van der Waals surface area contributed by atoms with Gasteiger partial charge in [0.25, 0.3) is 5.91 Å². The Morgan fingerprint density at radius 3 is 2.75 bits per heavy atom. The summed E-state index contributed by atoms with van der Waals surface area (Å²) < 4.78 is 33.4. The lowest BCUT2D eigenvalue weighted by Crippen LogP contribution is -1.94. The van der Waals surface area contributed by atoms with E-state index in [0.717, 1.165) is 11.8 Å². The highest BCUT2D eigenvalue weighted by Gasteiger charge is 2.23. The van der Waals surface area contributed by atoms with Crippen LogP contribution in [0.2, 0.25) is 0 Å². The first-order valence-electron chi connectivity index (χ1n) is 7.64. The molecule has 0 bridgehead atoms. The number of nitrogens with zero attached hydrogens (tertiary/aromatic N) is 3. The molecule has 1 aliphatic heterocycles. The van der Waals surface area contributed by atoms with Crippen molar-refractivity contribution in [3.8, 4) is 5.88 Å². The monoisotopic (exact) mass is 420 g/mol. The maximum absolute atomic E-state index is 12.0. The summed E-state index contributed by atoms with van der Waals surface area (Å²) in [6.45, 7) is 0. The zero-order valence-electron chi connectivity index (χ0n) is 13.8. The number of carbonyl (C=O) groups is 1. The Morgan fingerprint density at radius 2 is 2.04 bits per heavy atom. The van der Waals surface area contributed by atoms with Gasteiger partial charge in [-0.25, -0.2) is 0 Å². The molecule has 0 spiro atoms. The molecule has 28 heavy (non-hydrogen) atoms. The van der Waals surface area contributed by atoms with Crippen LogP contribution >= 0.6 is 22.6 Å². The number of amidine groups is 1. The molecule has 0 atom stereocenters. The van der Waals surface area contributed by atoms with E-state index in [1.807, 2.05) is 0 Å². The normalized spacial score (nSPS) is 17.2. The number of thioether (sulfide) groups is 1. The van der Waals surface area contributed by atoms with Crippen molar-refractivity contribution in [1.82, 2.24) is 4.98 Å². The number of benzene rings is 1. The molecular formula is C16H12N4O6S2. The smallest absolute Gasteiger partial charge is 0.286 e. The van der Waals surface area contributed by atoms with Gasteiger partial charge in [-0.1, -0.05) is 0 Å². The van der Waals surface area contributed by atoms with Crippen LogP contribution in [0.3, 0.4) is 0 Å². The summed E-state index contributed by atoms with van der Waals surface area (Å²) in [7, 11) is -3.93. The van der Waals surface area contributed by atoms with E-state index in [-0.39, 0.29) is 21.6 Å². The van der Waals surface area contributed by atoms with Crippen LogP contribution in [0.5, 0.6) is 5.88 Å². The van der Waals surface area contributed by atoms with E-state index in [1.165, 1.54) is 30.5 Å². The van der Waals surface area contributed by atoms with Gasteiger partial charge in [0.05, 0.1) is 21.6 Å². The van der Waals surface area contributed by atoms with Gasteiger partial charge in [-0.05, 0) is 42.1 Å². The van der Waals surface area contributed by atoms with Gasteiger partial charge in [-0.2, -0.15) is 4.99 Å². The van der Waals surface area contributed by atoms with Crippen LogP contribution in [0.15, 0.2) is 66.0 Å². The number of aromatic hydroxyl groups is 1. The second-order valence-electron chi connectivity index (χ2n) is 5.57. The average Bonchev–Trinajstić information content (AvgIpc) is 3.32. The van der Waals surface area contributed by atoms with E-state index in [1.54, 1.807) is 12.1 Å². The molecule has 1 amide bonds. The fourth-order valence-electron chi connectivity index (χ4n) is 2.45. The number of furan rings is 1. The van der Waals surface area contributed by atoms with Crippen LogP contribution < -0.4 is 0 Å². The summed E-state index contributed by atoms with van der Waals surface area (Å²) in [4.78, 5) is 18.6. The third-order valence-corrected chi connectivity index (χ3v) is 5.46. The second-order valence-corrected chi connectivity index (χ2v) is 8.09. The maximum Gasteiger partial charge on any atom is 0.286 e. The number of aliphatic imine (C=N–C) groups is 1. The van der Waals surface area contributed by atoms with E-state index in [4.69, 9.17) is 4.42 Å². The van der Waals surface area contributed by atoms with Gasteiger partial charge < -0.3 is 28.2 Å². The Kier molecular flexibility index (Phi) is 4.56. The fourth-order valence-corrected chi connectivity index (χ4v) is 3.69. The summed E-state index contributed by atoms with van der Waals surface area (Å²) in [6, 6.07) is 7.40. The highest BCUT2D eigenvalue weighted by Crippen LogP contribution is 2.46. The van der Waals surface area contributed by atoms with Crippen LogP contribution in [0.1, 0.15) is 5.76 Å². The number of aromatic nitrogens is 1. The molecule has 0 saturated carbocycles. The topological polar surface area (TPSA) is 164 Å². The minimum Gasteiger partial charge on any atom is -0.493 e. The molecule has 0 fully saturated rings. The number of carbonyl (C=O) groups excluding carboxylic acids is 1. The number of fused-ring (bicyclic) bond motifs is 1. The summed E-state index contributed by atoms with van der Waals surface area (Å²) in [6.07, 6.45) is 3.01. The minimum atomic E-state index is -3.93. The van der Waals surface area contributed by atoms with Crippen LogP contribution in [0, 0.1) is 0 Å². The standard InChI is InChI=1S/C16H12N4O6S2/c21-14-12(6-8-2-1-5-26-8)27-16(18-14)20-19-13-10-7-9(28(23,24)25)3-4-11(10)17-15(13)22/h1-7,17,22-25H/b12-6-,20-19?. The molecule has 3 aromatic rings. The number of aromatic amines is 1. The zero-order chi connectivity index (χ0) is 19.9. The van der Waals surface area contributed by atoms with Crippen molar-refractivity contribution < 1.29 is 28.0 Å². The van der Waals surface area contributed by atoms with Crippen LogP contribution in [0.4, 0.5) is 5.69 Å². The summed E-state index contributed by atoms with van der Waals surface area (Å²) in [5.74, 6) is -0.310. The number of hydrogen-bond acceptors (Lipinski definition) is 9. The van der Waals surface area contributed by atoms with Crippen LogP contribution in [0.25, 0.3) is 17.0 Å². The molecule has 5 N–H and O–H groups in total. The molecule has 0 aliphatic carbocycles. The molecule has 10 nitrogen and oxygen atoms in total. The first kappa shape index (κ1) is 18.5. The van der Waals surface area contributed by atoms with Gasteiger partial charge in [0, 0.05) is 11.5 Å². The summed E-state index contributed by atoms with van der Waals surface area (Å²) in [5.41, 5.74) is 0.439. The van der Waals surface area contributed by atoms with E-state index < -0.39 is 16.8 Å². The molecule has 0 radical (unpaired) electrons. The highest BCUT2D eigenvalue weighted by atomic mass is 32.3. The van der Waals surface area contributed by atoms with E-state index in [9.17, 15) is 23.6 Å². The lowest BCUT2D eigenvalue weighted by Gasteiger charge is -2.18. The predicted octanol–water partition coefficient (Wildman–Crippen LogP) is 4.80. The zero-order valence-corrected chi connectivity index (χ0v) is 15.4. The van der Waals surface area contributed by atoms with Crippen molar-refractivity contribution in [2.45, 2.75) is 4.90 Å². The highest BCUT2D eigenvalue weighted by molar-refractivity contribution is 8.19. The number of azo groups is 1. The second kappa shape index (κ2) is 6.92. The minimum absolute atomic E-state index is 0.000266. The van der Waals surface area contributed by atoms with E-state index in [2.05, 4.69) is 20.2 Å². The van der Waals surface area contributed by atoms with Gasteiger partial charge in [0.1, 0.15) is 16.6 Å². The molecule has 1 aromatic carbocycles. The Balaban J connectivity index is 1.63. The van der Waals surface area contributed by atoms with Crippen molar-refractivity contribution >= 4 is 56.4 Å². The molecule has 0 saturated heterocycles. The lowest BCUT2D eigenvalue weighted by atomic mass is 10.2. The van der Waals surface area contributed by atoms with E-state index in [0.29, 0.717) is 21.6 Å². The van der Waals surface area contributed by atoms with Crippen LogP contribution in [-0.4, -0.2) is 34.8 Å². The van der Waals surface area contributed by atoms with Crippen molar-refractivity contribution in [3.63, 3.8) is 0 Å². The number of nitrogens with one attached hydrogen (secondary N) is 1. The van der Waals surface area contributed by atoms with Gasteiger partial charge >= 0.3 is 0 Å². The maximum atomic E-state index is 12.0. The summed E-state index contributed by atoms with van der Waals surface area (Å²) >= 11 is 0.991. The van der Waals surface area contributed by atoms with Gasteiger partial charge in [0.2, 0.25) is 11.0 Å². The Hall–Kier alpha value is -2.90.